The first-order valence-electron chi connectivity index (χ1n) is 8.68. The van der Waals surface area contributed by atoms with Crippen molar-refractivity contribution in [3.63, 3.8) is 0 Å². The number of ether oxygens (including phenoxy) is 2. The summed E-state index contributed by atoms with van der Waals surface area (Å²) in [6, 6.07) is 10.7. The molecule has 2 heterocycles. The Morgan fingerprint density at radius 1 is 1.38 bits per heavy atom. The fourth-order valence-corrected chi connectivity index (χ4v) is 3.19. The van der Waals surface area contributed by atoms with E-state index in [-0.39, 0.29) is 29.5 Å². The molecule has 6 nitrogen and oxygen atoms in total. The molecule has 2 aromatic rings. The Kier molecular flexibility index (Phi) is 5.10. The smallest absolute Gasteiger partial charge is 0.257 e. The Morgan fingerprint density at radius 3 is 2.92 bits per heavy atom. The van der Waals surface area contributed by atoms with Gasteiger partial charge in [-0.2, -0.15) is 10.2 Å². The third kappa shape index (κ3) is 4.30. The van der Waals surface area contributed by atoms with E-state index in [9.17, 15) is 4.79 Å². The summed E-state index contributed by atoms with van der Waals surface area (Å²) >= 11 is 0. The summed E-state index contributed by atoms with van der Waals surface area (Å²) in [5.41, 5.74) is 1.39. The summed E-state index contributed by atoms with van der Waals surface area (Å²) in [5.74, 6) is 0.877. The molecule has 1 aliphatic heterocycles. The van der Waals surface area contributed by atoms with E-state index in [2.05, 4.69) is 31.8 Å². The molecule has 3 rings (SSSR count). The fraction of sp³-hybridized carbons (Fsp3) is 0.450. The van der Waals surface area contributed by atoms with Gasteiger partial charge in [0.2, 0.25) is 5.88 Å². The first kappa shape index (κ1) is 18.2. The Hall–Kier alpha value is -2.65. The Morgan fingerprint density at radius 2 is 2.19 bits per heavy atom. The van der Waals surface area contributed by atoms with Crippen molar-refractivity contribution in [1.82, 2.24) is 9.55 Å². The van der Waals surface area contributed by atoms with Crippen molar-refractivity contribution in [3.8, 4) is 11.9 Å². The lowest BCUT2D eigenvalue weighted by Crippen LogP contribution is -2.37. The number of hydrogen-bond donors (Lipinski definition) is 0. The topological polar surface area (TPSA) is 77.1 Å². The fourth-order valence-electron chi connectivity index (χ4n) is 3.19. The monoisotopic (exact) mass is 353 g/mol. The second kappa shape index (κ2) is 7.30. The van der Waals surface area contributed by atoms with Crippen molar-refractivity contribution >= 4 is 0 Å². The van der Waals surface area contributed by atoms with Crippen LogP contribution in [0.3, 0.4) is 0 Å². The third-order valence-electron chi connectivity index (χ3n) is 4.20. The van der Waals surface area contributed by atoms with Crippen LogP contribution in [0.4, 0.5) is 0 Å². The van der Waals surface area contributed by atoms with Crippen molar-refractivity contribution in [2.75, 3.05) is 6.61 Å². The van der Waals surface area contributed by atoms with E-state index >= 15 is 0 Å². The zero-order valence-electron chi connectivity index (χ0n) is 15.4. The minimum Gasteiger partial charge on any atom is -0.473 e. The number of rotatable bonds is 4. The van der Waals surface area contributed by atoms with Gasteiger partial charge in [0.25, 0.3) is 5.56 Å². The van der Waals surface area contributed by atoms with Gasteiger partial charge in [-0.3, -0.25) is 9.36 Å². The molecule has 1 aromatic heterocycles. The van der Waals surface area contributed by atoms with Crippen molar-refractivity contribution in [1.29, 1.82) is 5.26 Å². The molecule has 0 unspecified atom stereocenters. The molecule has 0 fully saturated rings. The molecule has 136 valence electrons. The number of aromatic nitrogens is 2. The first-order valence-corrected chi connectivity index (χ1v) is 8.68. The second-order valence-electron chi connectivity index (χ2n) is 7.75. The molecular weight excluding hydrogens is 330 g/mol. The third-order valence-corrected chi connectivity index (χ3v) is 4.20. The van der Waals surface area contributed by atoms with Crippen LogP contribution in [-0.4, -0.2) is 16.2 Å². The average molecular weight is 353 g/mol. The van der Waals surface area contributed by atoms with Gasteiger partial charge in [-0.25, -0.2) is 0 Å². The highest BCUT2D eigenvalue weighted by Crippen LogP contribution is 2.30. The molecule has 0 saturated carbocycles. The molecule has 1 aromatic carbocycles. The van der Waals surface area contributed by atoms with Gasteiger partial charge in [0.05, 0.1) is 30.3 Å². The number of nitrogens with zero attached hydrogens (tertiary/aromatic N) is 3. The molecule has 26 heavy (non-hydrogen) atoms. The predicted octanol–water partition coefficient (Wildman–Crippen LogP) is 3.20. The van der Waals surface area contributed by atoms with Crippen LogP contribution in [0.5, 0.6) is 5.88 Å². The molecule has 0 radical (unpaired) electrons. The van der Waals surface area contributed by atoms with E-state index in [1.54, 1.807) is 22.8 Å². The summed E-state index contributed by atoms with van der Waals surface area (Å²) in [4.78, 5) is 17.1. The Labute approximate surface area is 153 Å². The standard InChI is InChI=1S/C20H23N3O3/c1-20(2,3)9-16-12-25-13-17-22-18(8-19(24)23(16)17)26-11-15-6-4-5-14(7-15)10-21/h4-8,16H,9,11-13H2,1-3H3/t16-/m1/s1. The van der Waals surface area contributed by atoms with E-state index in [1.807, 2.05) is 6.07 Å². The minimum atomic E-state index is -0.117. The lowest BCUT2D eigenvalue weighted by Gasteiger charge is -2.32. The molecule has 0 bridgehead atoms. The van der Waals surface area contributed by atoms with E-state index in [0.29, 0.717) is 24.6 Å². The molecule has 1 aliphatic rings. The zero-order valence-corrected chi connectivity index (χ0v) is 15.4. The molecule has 0 aliphatic carbocycles. The van der Waals surface area contributed by atoms with Crippen molar-refractivity contribution < 1.29 is 9.47 Å². The summed E-state index contributed by atoms with van der Waals surface area (Å²) < 4.78 is 13.1. The van der Waals surface area contributed by atoms with E-state index < -0.39 is 0 Å². The Bertz CT molecular complexity index is 890. The maximum absolute atomic E-state index is 12.6. The largest absolute Gasteiger partial charge is 0.473 e. The van der Waals surface area contributed by atoms with Gasteiger partial charge in [0, 0.05) is 0 Å². The van der Waals surface area contributed by atoms with Crippen LogP contribution in [0.2, 0.25) is 0 Å². The summed E-state index contributed by atoms with van der Waals surface area (Å²) in [7, 11) is 0. The van der Waals surface area contributed by atoms with Gasteiger partial charge in [-0.1, -0.05) is 32.9 Å². The lowest BCUT2D eigenvalue weighted by molar-refractivity contribution is 0.0361. The van der Waals surface area contributed by atoms with E-state index in [4.69, 9.17) is 14.7 Å². The highest BCUT2D eigenvalue weighted by Gasteiger charge is 2.27. The van der Waals surface area contributed by atoms with Crippen LogP contribution in [-0.2, 0) is 18.0 Å². The van der Waals surface area contributed by atoms with Gasteiger partial charge >= 0.3 is 0 Å². The Balaban J connectivity index is 1.80. The highest BCUT2D eigenvalue weighted by atomic mass is 16.5. The van der Waals surface area contributed by atoms with Crippen LogP contribution in [0, 0.1) is 16.7 Å². The van der Waals surface area contributed by atoms with Crippen LogP contribution in [0.25, 0.3) is 0 Å². The van der Waals surface area contributed by atoms with Gasteiger partial charge < -0.3 is 9.47 Å². The SMILES string of the molecule is CC(C)(C)C[C@@H]1COCc2nc(OCc3cccc(C#N)c3)cc(=O)n21. The van der Waals surface area contributed by atoms with Crippen molar-refractivity contribution in [2.24, 2.45) is 5.41 Å². The minimum absolute atomic E-state index is 0.0138. The number of fused-ring (bicyclic) bond motifs is 1. The van der Waals surface area contributed by atoms with Gasteiger partial charge in [-0.05, 0) is 29.5 Å². The molecule has 6 heteroatoms. The quantitative estimate of drug-likeness (QED) is 0.843. The highest BCUT2D eigenvalue weighted by molar-refractivity contribution is 5.32. The summed E-state index contributed by atoms with van der Waals surface area (Å²) in [5, 5.41) is 8.96. The van der Waals surface area contributed by atoms with Gasteiger partial charge in [-0.15, -0.1) is 0 Å². The maximum atomic E-state index is 12.6. The number of benzene rings is 1. The number of hydrogen-bond acceptors (Lipinski definition) is 5. The maximum Gasteiger partial charge on any atom is 0.257 e. The van der Waals surface area contributed by atoms with Crippen LogP contribution < -0.4 is 10.3 Å². The average Bonchev–Trinajstić information content (AvgIpc) is 2.58. The molecule has 0 amide bonds. The van der Waals surface area contributed by atoms with Crippen molar-refractivity contribution in [3.05, 3.63) is 57.6 Å². The van der Waals surface area contributed by atoms with Crippen LogP contribution in [0.1, 0.15) is 50.2 Å². The molecule has 0 N–H and O–H groups in total. The van der Waals surface area contributed by atoms with Crippen LogP contribution in [0.15, 0.2) is 35.1 Å². The van der Waals surface area contributed by atoms with Crippen molar-refractivity contribution in [2.45, 2.75) is 46.4 Å². The summed E-state index contributed by atoms with van der Waals surface area (Å²) in [6.45, 7) is 7.51. The van der Waals surface area contributed by atoms with Gasteiger partial charge in [0.1, 0.15) is 19.0 Å². The van der Waals surface area contributed by atoms with E-state index in [0.717, 1.165) is 12.0 Å². The molecule has 0 saturated heterocycles. The van der Waals surface area contributed by atoms with E-state index in [1.165, 1.54) is 6.07 Å². The number of nitriles is 1. The van der Waals surface area contributed by atoms with Crippen LogP contribution >= 0.6 is 0 Å². The molecule has 1 atom stereocenters. The predicted molar refractivity (Wildman–Crippen MR) is 96.8 cm³/mol. The van der Waals surface area contributed by atoms with Gasteiger partial charge in [0.15, 0.2) is 0 Å². The second-order valence-corrected chi connectivity index (χ2v) is 7.75. The lowest BCUT2D eigenvalue weighted by atomic mass is 9.88. The normalized spacial score (nSPS) is 16.6. The zero-order chi connectivity index (χ0) is 18.7. The molecule has 0 spiro atoms. The summed E-state index contributed by atoms with van der Waals surface area (Å²) in [6.07, 6.45) is 0.836. The molecular formula is C20H23N3O3. The first-order chi connectivity index (χ1) is 12.4.